The number of benzene rings is 1. The first-order valence-corrected chi connectivity index (χ1v) is 6.22. The number of hydrogen-bond acceptors (Lipinski definition) is 2. The van der Waals surface area contributed by atoms with Crippen molar-refractivity contribution in [3.05, 3.63) is 29.3 Å². The summed E-state index contributed by atoms with van der Waals surface area (Å²) >= 11 is 4.98. The highest BCUT2D eigenvalue weighted by molar-refractivity contribution is 7.80. The molecule has 2 rings (SSSR count). The molecule has 0 atom stereocenters. The van der Waals surface area contributed by atoms with Crippen LogP contribution in [-0.4, -0.2) is 11.5 Å². The monoisotopic (exact) mass is 234 g/mol. The molecule has 1 aliphatic rings. The summed E-state index contributed by atoms with van der Waals surface area (Å²) in [7, 11) is 0. The van der Waals surface area contributed by atoms with E-state index in [4.69, 9.17) is 18.0 Å². The predicted octanol–water partition coefficient (Wildman–Crippen LogP) is 2.84. The molecule has 1 aromatic rings. The Morgan fingerprint density at radius 2 is 2.25 bits per heavy atom. The minimum atomic E-state index is 0.475. The van der Waals surface area contributed by atoms with Crippen LogP contribution in [0.4, 0.5) is 5.69 Å². The van der Waals surface area contributed by atoms with Crippen LogP contribution in [0.2, 0.25) is 0 Å². The Balaban J connectivity index is 1.99. The van der Waals surface area contributed by atoms with E-state index in [0.29, 0.717) is 4.99 Å². The van der Waals surface area contributed by atoms with Gasteiger partial charge < -0.3 is 11.1 Å². The summed E-state index contributed by atoms with van der Waals surface area (Å²) in [5.74, 6) is 0.871. The molecule has 3 heteroatoms. The van der Waals surface area contributed by atoms with Gasteiger partial charge in [-0.2, -0.15) is 0 Å². The second-order valence-electron chi connectivity index (χ2n) is 4.57. The van der Waals surface area contributed by atoms with Crippen molar-refractivity contribution in [1.82, 2.24) is 0 Å². The second kappa shape index (κ2) is 4.83. The molecular weight excluding hydrogens is 216 g/mol. The van der Waals surface area contributed by atoms with Gasteiger partial charge in [0, 0.05) is 17.8 Å². The number of nitrogens with one attached hydrogen (secondary N) is 1. The van der Waals surface area contributed by atoms with E-state index in [0.717, 1.165) is 23.6 Å². The van der Waals surface area contributed by atoms with Gasteiger partial charge in [-0.3, -0.25) is 0 Å². The van der Waals surface area contributed by atoms with Crippen molar-refractivity contribution in [2.45, 2.75) is 26.2 Å². The van der Waals surface area contributed by atoms with E-state index in [2.05, 4.69) is 17.4 Å². The summed E-state index contributed by atoms with van der Waals surface area (Å²) in [6.45, 7) is 3.13. The van der Waals surface area contributed by atoms with Gasteiger partial charge in [-0.05, 0) is 49.4 Å². The largest absolute Gasteiger partial charge is 0.389 e. The molecule has 0 radical (unpaired) electrons. The summed E-state index contributed by atoms with van der Waals surface area (Å²) < 4.78 is 0. The highest BCUT2D eigenvalue weighted by Crippen LogP contribution is 2.26. The number of anilines is 1. The fourth-order valence-electron chi connectivity index (χ4n) is 2.01. The molecule has 0 saturated heterocycles. The number of rotatable bonds is 4. The topological polar surface area (TPSA) is 38.0 Å². The lowest BCUT2D eigenvalue weighted by atomic mass is 9.85. The lowest BCUT2D eigenvalue weighted by Crippen LogP contribution is -2.21. The van der Waals surface area contributed by atoms with Gasteiger partial charge in [0.05, 0.1) is 0 Å². The van der Waals surface area contributed by atoms with Crippen molar-refractivity contribution in [3.8, 4) is 0 Å². The summed E-state index contributed by atoms with van der Waals surface area (Å²) in [5, 5.41) is 3.47. The molecule has 0 aliphatic heterocycles. The number of aryl methyl sites for hydroxylation is 1. The molecule has 3 N–H and O–H groups in total. The van der Waals surface area contributed by atoms with Gasteiger partial charge in [0.15, 0.2) is 0 Å². The molecule has 16 heavy (non-hydrogen) atoms. The number of nitrogens with two attached hydrogens (primary N) is 1. The van der Waals surface area contributed by atoms with Crippen LogP contribution in [0.5, 0.6) is 0 Å². The van der Waals surface area contributed by atoms with Crippen LogP contribution in [0.25, 0.3) is 0 Å². The Kier molecular flexibility index (Phi) is 3.44. The predicted molar refractivity (Wildman–Crippen MR) is 72.9 cm³/mol. The lowest BCUT2D eigenvalue weighted by molar-refractivity contribution is 0.333. The number of thiocarbonyl (C=S) groups is 1. The maximum absolute atomic E-state index is 5.63. The molecule has 0 amide bonds. The zero-order chi connectivity index (χ0) is 11.5. The number of hydrogen-bond donors (Lipinski definition) is 2. The second-order valence-corrected chi connectivity index (χ2v) is 5.01. The van der Waals surface area contributed by atoms with E-state index >= 15 is 0 Å². The minimum absolute atomic E-state index is 0.475. The zero-order valence-electron chi connectivity index (χ0n) is 9.62. The molecule has 0 spiro atoms. The van der Waals surface area contributed by atoms with Crippen LogP contribution in [0.15, 0.2) is 18.2 Å². The van der Waals surface area contributed by atoms with E-state index in [-0.39, 0.29) is 0 Å². The van der Waals surface area contributed by atoms with Gasteiger partial charge in [-0.1, -0.05) is 18.6 Å². The fourth-order valence-corrected chi connectivity index (χ4v) is 2.24. The quantitative estimate of drug-likeness (QED) is 0.787. The molecule has 1 aromatic carbocycles. The molecule has 0 unspecified atom stereocenters. The van der Waals surface area contributed by atoms with Crippen LogP contribution >= 0.6 is 12.2 Å². The van der Waals surface area contributed by atoms with Crippen LogP contribution in [0, 0.1) is 12.8 Å². The SMILES string of the molecule is Cc1cc(NCC2CCC2)ccc1C(N)=S. The highest BCUT2D eigenvalue weighted by Gasteiger charge is 2.16. The average molecular weight is 234 g/mol. The Hall–Kier alpha value is -1.09. The molecular formula is C13H18N2S. The highest BCUT2D eigenvalue weighted by atomic mass is 32.1. The summed E-state index contributed by atoms with van der Waals surface area (Å²) in [6.07, 6.45) is 4.14. The van der Waals surface area contributed by atoms with E-state index in [1.54, 1.807) is 0 Å². The first kappa shape index (κ1) is 11.4. The normalized spacial score (nSPS) is 15.6. The van der Waals surface area contributed by atoms with Crippen LogP contribution in [0.1, 0.15) is 30.4 Å². The first-order valence-electron chi connectivity index (χ1n) is 5.81. The average Bonchev–Trinajstić information content (AvgIpc) is 2.14. The van der Waals surface area contributed by atoms with Crippen LogP contribution < -0.4 is 11.1 Å². The third-order valence-electron chi connectivity index (χ3n) is 3.31. The summed E-state index contributed by atoms with van der Waals surface area (Å²) in [5.41, 5.74) is 8.92. The van der Waals surface area contributed by atoms with Crippen LogP contribution in [-0.2, 0) is 0 Å². The van der Waals surface area contributed by atoms with Crippen LogP contribution in [0.3, 0.4) is 0 Å². The molecule has 1 fully saturated rings. The van der Waals surface area contributed by atoms with Gasteiger partial charge in [-0.25, -0.2) is 0 Å². The Morgan fingerprint density at radius 3 is 2.75 bits per heavy atom. The zero-order valence-corrected chi connectivity index (χ0v) is 10.4. The molecule has 0 aromatic heterocycles. The van der Waals surface area contributed by atoms with Gasteiger partial charge in [0.2, 0.25) is 0 Å². The van der Waals surface area contributed by atoms with Crippen molar-refractivity contribution >= 4 is 22.9 Å². The van der Waals surface area contributed by atoms with Gasteiger partial charge in [0.1, 0.15) is 4.99 Å². The third kappa shape index (κ3) is 2.53. The van der Waals surface area contributed by atoms with E-state index in [1.807, 2.05) is 13.0 Å². The van der Waals surface area contributed by atoms with E-state index in [1.165, 1.54) is 24.9 Å². The van der Waals surface area contributed by atoms with Gasteiger partial charge in [-0.15, -0.1) is 0 Å². The van der Waals surface area contributed by atoms with Crippen molar-refractivity contribution in [2.24, 2.45) is 11.7 Å². The maximum Gasteiger partial charge on any atom is 0.104 e. The molecule has 0 heterocycles. The first-order chi connectivity index (χ1) is 7.66. The van der Waals surface area contributed by atoms with Crippen molar-refractivity contribution in [2.75, 3.05) is 11.9 Å². The summed E-state index contributed by atoms with van der Waals surface area (Å²) in [4.78, 5) is 0.475. The van der Waals surface area contributed by atoms with Gasteiger partial charge >= 0.3 is 0 Å². The van der Waals surface area contributed by atoms with Crippen molar-refractivity contribution < 1.29 is 0 Å². The Labute approximate surface area is 102 Å². The minimum Gasteiger partial charge on any atom is -0.389 e. The summed E-state index contributed by atoms with van der Waals surface area (Å²) in [6, 6.07) is 6.17. The maximum atomic E-state index is 5.63. The Bertz CT molecular complexity index is 397. The standard InChI is InChI=1S/C13H18N2S/c1-9-7-11(5-6-12(9)13(14)16)15-8-10-3-2-4-10/h5-7,10,15H,2-4,8H2,1H3,(H2,14,16). The Morgan fingerprint density at radius 1 is 1.50 bits per heavy atom. The van der Waals surface area contributed by atoms with E-state index in [9.17, 15) is 0 Å². The smallest absolute Gasteiger partial charge is 0.104 e. The molecule has 1 aliphatic carbocycles. The molecule has 86 valence electrons. The van der Waals surface area contributed by atoms with E-state index < -0.39 is 0 Å². The van der Waals surface area contributed by atoms with Gasteiger partial charge in [0.25, 0.3) is 0 Å². The van der Waals surface area contributed by atoms with Crippen molar-refractivity contribution in [3.63, 3.8) is 0 Å². The molecule has 2 nitrogen and oxygen atoms in total. The fraction of sp³-hybridized carbons (Fsp3) is 0.462. The third-order valence-corrected chi connectivity index (χ3v) is 3.53. The lowest BCUT2D eigenvalue weighted by Gasteiger charge is -2.26. The van der Waals surface area contributed by atoms with Crippen molar-refractivity contribution in [1.29, 1.82) is 0 Å². The molecule has 1 saturated carbocycles. The molecule has 0 bridgehead atoms.